The summed E-state index contributed by atoms with van der Waals surface area (Å²) < 4.78 is 17.1. The van der Waals surface area contributed by atoms with Gasteiger partial charge in [0.15, 0.2) is 5.96 Å². The molecular formula is C23H35IN4O3. The zero-order chi connectivity index (χ0) is 21.3. The summed E-state index contributed by atoms with van der Waals surface area (Å²) in [6, 6.07) is 7.86. The van der Waals surface area contributed by atoms with Crippen LogP contribution >= 0.6 is 24.0 Å². The molecule has 1 fully saturated rings. The molecule has 2 aromatic rings. The topological polar surface area (TPSA) is 80.9 Å². The number of ether oxygens (including phenoxy) is 2. The summed E-state index contributed by atoms with van der Waals surface area (Å²) in [5.41, 5.74) is 1.83. The highest BCUT2D eigenvalue weighted by molar-refractivity contribution is 14.0. The van der Waals surface area contributed by atoms with Crippen molar-refractivity contribution in [1.82, 2.24) is 10.3 Å². The molecular weight excluding hydrogens is 507 g/mol. The highest BCUT2D eigenvalue weighted by Gasteiger charge is 2.20. The van der Waals surface area contributed by atoms with Crippen molar-refractivity contribution >= 4 is 35.6 Å². The van der Waals surface area contributed by atoms with Crippen molar-refractivity contribution in [2.45, 2.75) is 59.6 Å². The fourth-order valence-corrected chi connectivity index (χ4v) is 2.83. The van der Waals surface area contributed by atoms with E-state index in [1.165, 1.54) is 12.8 Å². The lowest BCUT2D eigenvalue weighted by molar-refractivity contribution is 0.123. The van der Waals surface area contributed by atoms with E-state index in [1.807, 2.05) is 52.0 Å². The summed E-state index contributed by atoms with van der Waals surface area (Å²) in [7, 11) is 0. The van der Waals surface area contributed by atoms with Gasteiger partial charge in [0.05, 0.1) is 11.8 Å². The van der Waals surface area contributed by atoms with Gasteiger partial charge in [-0.3, -0.25) is 0 Å². The predicted octanol–water partition coefficient (Wildman–Crippen LogP) is 5.07. The normalized spacial score (nSPS) is 13.8. The summed E-state index contributed by atoms with van der Waals surface area (Å²) in [4.78, 5) is 9.04. The van der Waals surface area contributed by atoms with Crippen LogP contribution in [0.15, 0.2) is 33.7 Å². The van der Waals surface area contributed by atoms with Gasteiger partial charge in [0.2, 0.25) is 5.89 Å². The molecule has 0 saturated heterocycles. The van der Waals surface area contributed by atoms with Crippen LogP contribution in [0.25, 0.3) is 0 Å². The summed E-state index contributed by atoms with van der Waals surface area (Å²) in [5.74, 6) is 3.77. The third kappa shape index (κ3) is 9.47. The highest BCUT2D eigenvalue weighted by Crippen LogP contribution is 2.28. The standard InChI is InChI=1S/C23H34N4O3.HI/c1-16(2)29-21-10-8-20(9-11-21)27-23(24-12-5-13-28-15-19-6-7-19)25-14-22-26-17(3)18(4)30-22;/h8-11,16,19H,5-7,12-15H2,1-4H3,(H2,24,25,27);1H. The molecule has 1 aromatic carbocycles. The molecule has 0 amide bonds. The number of nitrogens with zero attached hydrogens (tertiary/aromatic N) is 2. The largest absolute Gasteiger partial charge is 0.491 e. The van der Waals surface area contributed by atoms with Gasteiger partial charge in [-0.05, 0) is 77.1 Å². The first-order chi connectivity index (χ1) is 14.5. The number of aromatic nitrogens is 1. The Hall–Kier alpha value is -1.81. The lowest BCUT2D eigenvalue weighted by Crippen LogP contribution is -2.32. The fraction of sp³-hybridized carbons (Fsp3) is 0.565. The molecule has 2 N–H and O–H groups in total. The number of oxazole rings is 1. The van der Waals surface area contributed by atoms with E-state index in [9.17, 15) is 0 Å². The second-order valence-corrected chi connectivity index (χ2v) is 8.03. The lowest BCUT2D eigenvalue weighted by atomic mass is 10.3. The Bertz CT molecular complexity index is 797. The van der Waals surface area contributed by atoms with E-state index in [1.54, 1.807) is 0 Å². The van der Waals surface area contributed by atoms with Crippen molar-refractivity contribution in [2.24, 2.45) is 10.9 Å². The van der Waals surface area contributed by atoms with Crippen LogP contribution in [0.2, 0.25) is 0 Å². The summed E-state index contributed by atoms with van der Waals surface area (Å²) in [5, 5.41) is 6.71. The zero-order valence-corrected chi connectivity index (χ0v) is 21.3. The van der Waals surface area contributed by atoms with Gasteiger partial charge in [-0.1, -0.05) is 0 Å². The van der Waals surface area contributed by atoms with Crippen LogP contribution in [-0.2, 0) is 11.3 Å². The van der Waals surface area contributed by atoms with Crippen molar-refractivity contribution < 1.29 is 13.9 Å². The Morgan fingerprint density at radius 1 is 1.23 bits per heavy atom. The van der Waals surface area contributed by atoms with Crippen molar-refractivity contribution in [1.29, 1.82) is 0 Å². The van der Waals surface area contributed by atoms with E-state index in [0.717, 1.165) is 55.0 Å². The minimum atomic E-state index is 0. The second-order valence-electron chi connectivity index (χ2n) is 8.03. The Morgan fingerprint density at radius 2 is 1.97 bits per heavy atom. The fourth-order valence-electron chi connectivity index (χ4n) is 2.83. The number of rotatable bonds is 11. The van der Waals surface area contributed by atoms with Crippen molar-refractivity contribution in [3.05, 3.63) is 41.6 Å². The van der Waals surface area contributed by atoms with Crippen molar-refractivity contribution in [2.75, 3.05) is 25.1 Å². The Kier molecular flexibility index (Phi) is 10.6. The number of nitrogens with one attached hydrogen (secondary N) is 2. The molecule has 8 heteroatoms. The molecule has 0 aliphatic heterocycles. The number of hydrogen-bond donors (Lipinski definition) is 2. The van der Waals surface area contributed by atoms with E-state index >= 15 is 0 Å². The minimum absolute atomic E-state index is 0. The van der Waals surface area contributed by atoms with E-state index in [2.05, 4.69) is 20.6 Å². The van der Waals surface area contributed by atoms with E-state index < -0.39 is 0 Å². The molecule has 1 heterocycles. The van der Waals surface area contributed by atoms with Gasteiger partial charge in [-0.25, -0.2) is 9.98 Å². The number of halogens is 1. The number of hydrogen-bond acceptors (Lipinski definition) is 5. The molecule has 0 unspecified atom stereocenters. The van der Waals surface area contributed by atoms with Crippen LogP contribution in [0.1, 0.15) is 50.5 Å². The third-order valence-corrected chi connectivity index (χ3v) is 4.74. The van der Waals surface area contributed by atoms with Gasteiger partial charge in [-0.2, -0.15) is 0 Å². The van der Waals surface area contributed by atoms with Gasteiger partial charge in [0, 0.05) is 25.4 Å². The van der Waals surface area contributed by atoms with Crippen LogP contribution in [0.4, 0.5) is 5.69 Å². The molecule has 7 nitrogen and oxygen atoms in total. The molecule has 172 valence electrons. The molecule has 0 atom stereocenters. The molecule has 0 spiro atoms. The lowest BCUT2D eigenvalue weighted by Gasteiger charge is -2.14. The Labute approximate surface area is 202 Å². The van der Waals surface area contributed by atoms with Crippen LogP contribution in [-0.4, -0.2) is 36.8 Å². The SMILES string of the molecule is Cc1nc(CN=C(NCCCOCC2CC2)Nc2ccc(OC(C)C)cc2)oc1C.I. The first-order valence-corrected chi connectivity index (χ1v) is 10.8. The number of aliphatic imine (C=N–C) groups is 1. The van der Waals surface area contributed by atoms with Gasteiger partial charge in [0.1, 0.15) is 18.1 Å². The van der Waals surface area contributed by atoms with E-state index in [4.69, 9.17) is 13.9 Å². The number of benzene rings is 1. The summed E-state index contributed by atoms with van der Waals surface area (Å²) in [6.45, 7) is 10.7. The van der Waals surface area contributed by atoms with Crippen molar-refractivity contribution in [3.63, 3.8) is 0 Å². The molecule has 3 rings (SSSR count). The maximum absolute atomic E-state index is 5.71. The summed E-state index contributed by atoms with van der Waals surface area (Å²) >= 11 is 0. The average Bonchev–Trinajstić information content (AvgIpc) is 3.47. The second kappa shape index (κ2) is 12.9. The monoisotopic (exact) mass is 542 g/mol. The quantitative estimate of drug-likeness (QED) is 0.179. The van der Waals surface area contributed by atoms with Crippen LogP contribution in [0, 0.1) is 19.8 Å². The Morgan fingerprint density at radius 3 is 2.58 bits per heavy atom. The van der Waals surface area contributed by atoms with Gasteiger partial charge >= 0.3 is 0 Å². The zero-order valence-electron chi connectivity index (χ0n) is 18.9. The van der Waals surface area contributed by atoms with Gasteiger partial charge in [0.25, 0.3) is 0 Å². The average molecular weight is 542 g/mol. The van der Waals surface area contributed by atoms with Crippen molar-refractivity contribution in [3.8, 4) is 5.75 Å². The molecule has 1 aliphatic rings. The highest BCUT2D eigenvalue weighted by atomic mass is 127. The van der Waals surface area contributed by atoms with Gasteiger partial charge in [-0.15, -0.1) is 24.0 Å². The maximum atomic E-state index is 5.71. The molecule has 1 saturated carbocycles. The molecule has 0 radical (unpaired) electrons. The third-order valence-electron chi connectivity index (χ3n) is 4.74. The smallest absolute Gasteiger partial charge is 0.216 e. The number of aryl methyl sites for hydroxylation is 2. The summed E-state index contributed by atoms with van der Waals surface area (Å²) in [6.07, 6.45) is 3.71. The first-order valence-electron chi connectivity index (χ1n) is 10.8. The van der Waals surface area contributed by atoms with Crippen LogP contribution < -0.4 is 15.4 Å². The molecule has 31 heavy (non-hydrogen) atoms. The Balaban J connectivity index is 0.00000341. The maximum Gasteiger partial charge on any atom is 0.216 e. The number of guanidine groups is 1. The van der Waals surface area contributed by atoms with Crippen LogP contribution in [0.3, 0.4) is 0 Å². The van der Waals surface area contributed by atoms with E-state index in [0.29, 0.717) is 18.4 Å². The minimum Gasteiger partial charge on any atom is -0.491 e. The van der Waals surface area contributed by atoms with Gasteiger partial charge < -0.3 is 24.5 Å². The van der Waals surface area contributed by atoms with Crippen LogP contribution in [0.5, 0.6) is 5.75 Å². The number of anilines is 1. The predicted molar refractivity (Wildman–Crippen MR) is 135 cm³/mol. The molecule has 1 aliphatic carbocycles. The molecule has 0 bridgehead atoms. The first kappa shape index (κ1) is 25.5. The molecule has 1 aromatic heterocycles. The van der Waals surface area contributed by atoms with E-state index in [-0.39, 0.29) is 30.1 Å².